The number of hydrogen-bond acceptors (Lipinski definition) is 3. The number of methoxy groups -OCH3 is 1. The number of ether oxygens (including phenoxy) is 1. The molecule has 1 aromatic heterocycles. The number of anilines is 1. The standard InChI is InChI=1S/C20H19N3O3/c1-26-18-10-11-22-16(18)13-15-14-7-4-5-8-17(14)23(20(15)25)12-6-2-3-9-19(21)24/h4-5,7-8,10-11,13,22H,2-3,9H2,1H3,(H2,21,24). The molecule has 132 valence electrons. The summed E-state index contributed by atoms with van der Waals surface area (Å²) >= 11 is 0. The summed E-state index contributed by atoms with van der Waals surface area (Å²) in [4.78, 5) is 28.2. The topological polar surface area (TPSA) is 88.4 Å². The third kappa shape index (κ3) is 3.47. The minimum absolute atomic E-state index is 0.190. The highest BCUT2D eigenvalue weighted by molar-refractivity contribution is 6.36. The summed E-state index contributed by atoms with van der Waals surface area (Å²) in [5.74, 6) is 3.07. The molecule has 0 spiro atoms. The molecule has 6 heteroatoms. The Morgan fingerprint density at radius 3 is 2.92 bits per heavy atom. The highest BCUT2D eigenvalue weighted by atomic mass is 16.5. The smallest absolute Gasteiger partial charge is 0.270 e. The van der Waals surface area contributed by atoms with Crippen LogP contribution in [0.4, 0.5) is 5.69 Å². The van der Waals surface area contributed by atoms with Crippen LogP contribution in [-0.2, 0) is 9.59 Å². The zero-order valence-corrected chi connectivity index (χ0v) is 14.4. The van der Waals surface area contributed by atoms with Gasteiger partial charge in [-0.05, 0) is 24.6 Å². The fourth-order valence-electron chi connectivity index (χ4n) is 2.78. The van der Waals surface area contributed by atoms with Gasteiger partial charge in [-0.1, -0.05) is 24.1 Å². The number of aromatic amines is 1. The first-order valence-corrected chi connectivity index (χ1v) is 8.25. The maximum Gasteiger partial charge on any atom is 0.270 e. The largest absolute Gasteiger partial charge is 0.495 e. The van der Waals surface area contributed by atoms with E-state index >= 15 is 0 Å². The number of rotatable bonds is 5. The van der Waals surface area contributed by atoms with Crippen LogP contribution < -0.4 is 15.4 Å². The lowest BCUT2D eigenvalue weighted by Gasteiger charge is -2.07. The average Bonchev–Trinajstić information content (AvgIpc) is 3.19. The zero-order valence-electron chi connectivity index (χ0n) is 14.4. The molecule has 0 saturated heterocycles. The van der Waals surface area contributed by atoms with Crippen molar-refractivity contribution in [1.82, 2.24) is 4.98 Å². The number of hydrogen-bond donors (Lipinski definition) is 2. The number of nitrogens with zero attached hydrogens (tertiary/aromatic N) is 1. The van der Waals surface area contributed by atoms with Crippen molar-refractivity contribution in [3.05, 3.63) is 47.8 Å². The van der Waals surface area contributed by atoms with Gasteiger partial charge in [0.1, 0.15) is 5.75 Å². The van der Waals surface area contributed by atoms with Gasteiger partial charge >= 0.3 is 0 Å². The number of carbonyl (C=O) groups excluding carboxylic acids is 2. The fourth-order valence-corrected chi connectivity index (χ4v) is 2.78. The second kappa shape index (κ2) is 7.62. The number of amides is 2. The van der Waals surface area contributed by atoms with Gasteiger partial charge in [0, 0.05) is 30.6 Å². The Labute approximate surface area is 151 Å². The highest BCUT2D eigenvalue weighted by Gasteiger charge is 2.31. The molecular weight excluding hydrogens is 330 g/mol. The maximum absolute atomic E-state index is 12.9. The van der Waals surface area contributed by atoms with Gasteiger partial charge in [-0.15, -0.1) is 0 Å². The van der Waals surface area contributed by atoms with Crippen LogP contribution in [0.5, 0.6) is 5.75 Å². The molecule has 1 aromatic carbocycles. The second-order valence-electron chi connectivity index (χ2n) is 5.78. The van der Waals surface area contributed by atoms with Gasteiger partial charge in [-0.3, -0.25) is 9.59 Å². The van der Waals surface area contributed by atoms with Crippen LogP contribution in [0, 0.1) is 12.0 Å². The van der Waals surface area contributed by atoms with E-state index in [9.17, 15) is 9.59 Å². The summed E-state index contributed by atoms with van der Waals surface area (Å²) in [6, 6.07) is 12.2. The number of unbranched alkanes of at least 4 members (excludes halogenated alkanes) is 1. The van der Waals surface area contributed by atoms with Crippen molar-refractivity contribution >= 4 is 29.2 Å². The van der Waals surface area contributed by atoms with Crippen molar-refractivity contribution in [2.45, 2.75) is 19.3 Å². The van der Waals surface area contributed by atoms with E-state index in [2.05, 4.69) is 16.9 Å². The minimum Gasteiger partial charge on any atom is -0.495 e. The van der Waals surface area contributed by atoms with E-state index < -0.39 is 0 Å². The Hall–Kier alpha value is -3.46. The van der Waals surface area contributed by atoms with Gasteiger partial charge in [0.25, 0.3) is 5.91 Å². The molecule has 6 nitrogen and oxygen atoms in total. The van der Waals surface area contributed by atoms with Crippen molar-refractivity contribution in [3.8, 4) is 17.7 Å². The van der Waals surface area contributed by atoms with Gasteiger partial charge < -0.3 is 15.5 Å². The van der Waals surface area contributed by atoms with E-state index in [0.717, 1.165) is 16.9 Å². The van der Waals surface area contributed by atoms with Crippen molar-refractivity contribution in [3.63, 3.8) is 0 Å². The van der Waals surface area contributed by atoms with Gasteiger partial charge in [-0.25, -0.2) is 4.90 Å². The van der Waals surface area contributed by atoms with E-state index in [1.54, 1.807) is 25.4 Å². The van der Waals surface area contributed by atoms with Crippen molar-refractivity contribution in [2.75, 3.05) is 12.0 Å². The molecule has 2 aromatic rings. The van der Waals surface area contributed by atoms with Crippen molar-refractivity contribution < 1.29 is 14.3 Å². The fraction of sp³-hybridized carbons (Fsp3) is 0.200. The molecular formula is C20H19N3O3. The number of nitrogens with two attached hydrogens (primary N) is 1. The van der Waals surface area contributed by atoms with Crippen molar-refractivity contribution in [1.29, 1.82) is 0 Å². The lowest BCUT2D eigenvalue weighted by atomic mass is 10.1. The molecule has 1 aliphatic rings. The number of aromatic nitrogens is 1. The first-order chi connectivity index (χ1) is 12.6. The number of benzene rings is 1. The number of para-hydroxylation sites is 1. The molecule has 0 bridgehead atoms. The summed E-state index contributed by atoms with van der Waals surface area (Å²) in [6.07, 6.45) is 4.89. The van der Waals surface area contributed by atoms with Crippen LogP contribution in [0.1, 0.15) is 30.5 Å². The Bertz CT molecular complexity index is 931. The SMILES string of the molecule is COc1cc[nH]c1C=C1C(=O)N(C#CCCCC(N)=O)c2ccccc21. The van der Waals surface area contributed by atoms with Crippen LogP contribution in [0.3, 0.4) is 0 Å². The Morgan fingerprint density at radius 1 is 1.35 bits per heavy atom. The average molecular weight is 349 g/mol. The highest BCUT2D eigenvalue weighted by Crippen LogP contribution is 2.37. The molecule has 3 N–H and O–H groups in total. The van der Waals surface area contributed by atoms with Crippen LogP contribution in [-0.4, -0.2) is 23.9 Å². The number of primary amides is 1. The molecule has 0 aliphatic carbocycles. The predicted molar refractivity (Wildman–Crippen MR) is 100.0 cm³/mol. The van der Waals surface area contributed by atoms with Gasteiger partial charge in [0.2, 0.25) is 5.91 Å². The normalized spacial score (nSPS) is 14.1. The van der Waals surface area contributed by atoms with Gasteiger partial charge in [-0.2, -0.15) is 0 Å². The minimum atomic E-state index is -0.348. The van der Waals surface area contributed by atoms with E-state index in [-0.39, 0.29) is 18.2 Å². The molecule has 0 unspecified atom stereocenters. The lowest BCUT2D eigenvalue weighted by Crippen LogP contribution is -2.20. The van der Waals surface area contributed by atoms with Crippen molar-refractivity contribution in [2.24, 2.45) is 5.73 Å². The third-order valence-corrected chi connectivity index (χ3v) is 4.03. The number of fused-ring (bicyclic) bond motifs is 1. The molecule has 2 heterocycles. The lowest BCUT2D eigenvalue weighted by molar-refractivity contribution is -0.118. The second-order valence-corrected chi connectivity index (χ2v) is 5.78. The zero-order chi connectivity index (χ0) is 18.5. The van der Waals surface area contributed by atoms with E-state index in [0.29, 0.717) is 24.2 Å². The summed E-state index contributed by atoms with van der Waals surface area (Å²) in [5, 5.41) is 0. The molecule has 1 aliphatic heterocycles. The third-order valence-electron chi connectivity index (χ3n) is 4.03. The quantitative estimate of drug-likeness (QED) is 0.494. The first kappa shape index (κ1) is 17.4. The molecule has 2 amide bonds. The van der Waals surface area contributed by atoms with Crippen LogP contribution in [0.25, 0.3) is 11.6 Å². The molecule has 0 atom stereocenters. The van der Waals surface area contributed by atoms with Gasteiger partial charge in [0.15, 0.2) is 0 Å². The Kier molecular flexibility index (Phi) is 5.09. The van der Waals surface area contributed by atoms with Crippen LogP contribution in [0.2, 0.25) is 0 Å². The first-order valence-electron chi connectivity index (χ1n) is 8.25. The van der Waals surface area contributed by atoms with Gasteiger partial charge in [0.05, 0.1) is 24.1 Å². The maximum atomic E-state index is 12.9. The van der Waals surface area contributed by atoms with Crippen LogP contribution >= 0.6 is 0 Å². The molecule has 0 fully saturated rings. The number of H-pyrrole nitrogens is 1. The molecule has 3 rings (SSSR count). The van der Waals surface area contributed by atoms with E-state index in [4.69, 9.17) is 10.5 Å². The predicted octanol–water partition coefficient (Wildman–Crippen LogP) is 2.53. The molecule has 0 saturated carbocycles. The summed E-state index contributed by atoms with van der Waals surface area (Å²) in [6.45, 7) is 0. The van der Waals surface area contributed by atoms with E-state index in [1.807, 2.05) is 24.3 Å². The Balaban J connectivity index is 1.89. The number of nitrogens with one attached hydrogen (secondary N) is 1. The van der Waals surface area contributed by atoms with Crippen LogP contribution in [0.15, 0.2) is 36.5 Å². The summed E-state index contributed by atoms with van der Waals surface area (Å²) in [7, 11) is 1.58. The Morgan fingerprint density at radius 2 is 2.15 bits per heavy atom. The molecule has 0 radical (unpaired) electrons. The van der Waals surface area contributed by atoms with E-state index in [1.165, 1.54) is 4.90 Å². The summed E-state index contributed by atoms with van der Waals surface area (Å²) < 4.78 is 5.29. The monoisotopic (exact) mass is 349 g/mol. The molecule has 26 heavy (non-hydrogen) atoms. The number of carbonyl (C=O) groups is 2. The summed E-state index contributed by atoms with van der Waals surface area (Å²) in [5.41, 5.74) is 7.96.